The number of pyridine rings is 2. The van der Waals surface area contributed by atoms with Crippen molar-refractivity contribution >= 4 is 54.3 Å². The van der Waals surface area contributed by atoms with Gasteiger partial charge in [-0.05, 0) is 47.9 Å². The Morgan fingerprint density at radius 3 is 2.30 bits per heavy atom. The molecular formula is C29H14N2O2+2. The fraction of sp³-hybridized carbons (Fsp3) is 0.0345. The molecule has 0 N–H and O–H groups in total. The van der Waals surface area contributed by atoms with E-state index in [1.165, 1.54) is 49.1 Å². The van der Waals surface area contributed by atoms with Crippen LogP contribution in [0.2, 0.25) is 0 Å². The minimum atomic E-state index is -0.522. The molecule has 33 heavy (non-hydrogen) atoms. The summed E-state index contributed by atoms with van der Waals surface area (Å²) >= 11 is 0. The molecule has 1 unspecified atom stereocenters. The second kappa shape index (κ2) is 4.52. The van der Waals surface area contributed by atoms with Crippen LogP contribution in [0, 0.1) is 0 Å². The van der Waals surface area contributed by atoms with E-state index in [4.69, 9.17) is 9.15 Å². The lowest BCUT2D eigenvalue weighted by atomic mass is 9.85. The molecule has 0 saturated heterocycles. The Labute approximate surface area is 186 Å². The van der Waals surface area contributed by atoms with Crippen LogP contribution < -0.4 is 13.9 Å². The van der Waals surface area contributed by atoms with Gasteiger partial charge in [-0.3, -0.25) is 0 Å². The lowest BCUT2D eigenvalue weighted by molar-refractivity contribution is -0.945. The topological polar surface area (TPSA) is 30.1 Å². The molecule has 0 aliphatic carbocycles. The van der Waals surface area contributed by atoms with Gasteiger partial charge in [0.2, 0.25) is 11.0 Å². The summed E-state index contributed by atoms with van der Waals surface area (Å²) in [6.45, 7) is 0. The van der Waals surface area contributed by atoms with E-state index in [1.54, 1.807) is 6.26 Å². The van der Waals surface area contributed by atoms with E-state index in [9.17, 15) is 0 Å². The van der Waals surface area contributed by atoms with Gasteiger partial charge in [0.1, 0.15) is 17.1 Å². The first kappa shape index (κ1) is 15.4. The Kier molecular flexibility index (Phi) is 2.11. The molecule has 7 aromatic rings. The highest BCUT2D eigenvalue weighted by Crippen LogP contribution is 2.57. The number of hydrogen-bond donors (Lipinski definition) is 0. The predicted octanol–water partition coefficient (Wildman–Crippen LogP) is 5.65. The van der Waals surface area contributed by atoms with Gasteiger partial charge >= 0.3 is 5.66 Å². The normalized spacial score (nSPS) is 18.7. The van der Waals surface area contributed by atoms with Crippen LogP contribution in [-0.2, 0) is 5.66 Å². The van der Waals surface area contributed by atoms with E-state index < -0.39 is 5.66 Å². The zero-order valence-corrected chi connectivity index (χ0v) is 17.3. The summed E-state index contributed by atoms with van der Waals surface area (Å²) in [6, 6.07) is 23.9. The van der Waals surface area contributed by atoms with Crippen molar-refractivity contribution < 1.29 is 18.3 Å². The second-order valence-electron chi connectivity index (χ2n) is 9.36. The average molecular weight is 422 g/mol. The van der Waals surface area contributed by atoms with E-state index in [2.05, 4.69) is 88.3 Å². The smallest absolute Gasteiger partial charge is 0.425 e. The van der Waals surface area contributed by atoms with Crippen LogP contribution in [-0.4, -0.2) is 0 Å². The van der Waals surface area contributed by atoms with E-state index in [1.807, 2.05) is 0 Å². The van der Waals surface area contributed by atoms with Gasteiger partial charge in [0.25, 0.3) is 0 Å². The first-order chi connectivity index (χ1) is 16.4. The third-order valence-electron chi connectivity index (χ3n) is 8.12. The van der Waals surface area contributed by atoms with Crippen molar-refractivity contribution in [2.75, 3.05) is 0 Å². The zero-order chi connectivity index (χ0) is 21.1. The van der Waals surface area contributed by atoms with Crippen LogP contribution in [0.25, 0.3) is 54.3 Å². The molecule has 1 spiro atoms. The van der Waals surface area contributed by atoms with Gasteiger partial charge in [-0.1, -0.05) is 12.1 Å². The Balaban J connectivity index is 1.61. The number of aromatic nitrogens is 2. The third-order valence-corrected chi connectivity index (χ3v) is 8.12. The second-order valence-corrected chi connectivity index (χ2v) is 9.36. The molecule has 3 aliphatic rings. The molecule has 0 saturated carbocycles. The molecule has 10 rings (SSSR count). The molecule has 0 fully saturated rings. The fourth-order valence-corrected chi connectivity index (χ4v) is 7.07. The molecule has 150 valence electrons. The average Bonchev–Trinajstić information content (AvgIpc) is 3.55. The maximum absolute atomic E-state index is 6.64. The van der Waals surface area contributed by atoms with Crippen LogP contribution in [0.3, 0.4) is 0 Å². The molecule has 4 heteroatoms. The quantitative estimate of drug-likeness (QED) is 0.233. The number of ether oxygens (including phenoxy) is 1. The van der Waals surface area contributed by atoms with E-state index in [0.717, 1.165) is 27.9 Å². The number of benzene rings is 4. The lowest BCUT2D eigenvalue weighted by Crippen LogP contribution is -2.72. The van der Waals surface area contributed by atoms with Gasteiger partial charge < -0.3 is 9.15 Å². The number of furan rings is 1. The SMILES string of the molecule is c1cc2ccc3ccc4c5c3c2[n+](c1)C51c2c(ccc3c5occc5c5ccc[n+]1c5c23)O4. The summed E-state index contributed by atoms with van der Waals surface area (Å²) in [5, 5.41) is 8.51. The zero-order valence-electron chi connectivity index (χ0n) is 17.3. The number of fused-ring (bicyclic) bond motifs is 3. The van der Waals surface area contributed by atoms with Crippen LogP contribution in [0.15, 0.2) is 89.8 Å². The van der Waals surface area contributed by atoms with Gasteiger partial charge in [0.15, 0.2) is 23.5 Å². The van der Waals surface area contributed by atoms with Gasteiger partial charge in [0, 0.05) is 28.3 Å². The predicted molar refractivity (Wildman–Crippen MR) is 125 cm³/mol. The van der Waals surface area contributed by atoms with Crippen LogP contribution in [0.5, 0.6) is 11.5 Å². The molecule has 0 amide bonds. The highest BCUT2D eigenvalue weighted by molar-refractivity contribution is 6.24. The first-order valence-electron chi connectivity index (χ1n) is 11.3. The standard InChI is InChI=1S/C29H14N2O2/c1-3-16-6-5-15-7-9-20-24-22(15)26(16)30(12-1)29(24)25-21(33-20)10-8-19-23(25)27-17(4-2-13-31(27)29)18-11-14-32-28(18)19/h1-14H/q+2. The summed E-state index contributed by atoms with van der Waals surface area (Å²) in [7, 11) is 0. The number of nitrogens with zero attached hydrogens (tertiary/aromatic N) is 2. The van der Waals surface area contributed by atoms with Crippen molar-refractivity contribution in [3.8, 4) is 11.5 Å². The van der Waals surface area contributed by atoms with Crippen molar-refractivity contribution in [3.63, 3.8) is 0 Å². The molecule has 3 aliphatic heterocycles. The summed E-state index contributed by atoms with van der Waals surface area (Å²) < 4.78 is 17.6. The van der Waals surface area contributed by atoms with Crippen molar-refractivity contribution in [3.05, 3.63) is 96.5 Å². The van der Waals surface area contributed by atoms with Crippen LogP contribution in [0.1, 0.15) is 11.1 Å². The molecule has 0 bridgehead atoms. The number of hydrogen-bond acceptors (Lipinski definition) is 2. The summed E-state index contributed by atoms with van der Waals surface area (Å²) in [5.41, 5.74) is 5.37. The minimum Gasteiger partial charge on any atom is -0.464 e. The molecule has 1 atom stereocenters. The molecule has 6 heterocycles. The molecule has 4 nitrogen and oxygen atoms in total. The minimum absolute atomic E-state index is 0.522. The largest absolute Gasteiger partial charge is 0.464 e. The lowest BCUT2D eigenvalue weighted by Gasteiger charge is -2.26. The fourth-order valence-electron chi connectivity index (χ4n) is 7.07. The molecule has 0 radical (unpaired) electrons. The Bertz CT molecular complexity index is 2120. The molecule has 4 aromatic carbocycles. The maximum Gasteiger partial charge on any atom is 0.425 e. The van der Waals surface area contributed by atoms with Crippen molar-refractivity contribution in [1.82, 2.24) is 0 Å². The number of rotatable bonds is 0. The Hall–Kier alpha value is -4.44. The molecule has 3 aromatic heterocycles. The van der Waals surface area contributed by atoms with Crippen LogP contribution >= 0.6 is 0 Å². The van der Waals surface area contributed by atoms with Gasteiger partial charge in [0.05, 0.1) is 22.4 Å². The van der Waals surface area contributed by atoms with E-state index in [-0.39, 0.29) is 0 Å². The van der Waals surface area contributed by atoms with Crippen molar-refractivity contribution in [1.29, 1.82) is 0 Å². The van der Waals surface area contributed by atoms with Gasteiger partial charge in [-0.2, -0.15) is 0 Å². The highest BCUT2D eigenvalue weighted by atomic mass is 16.5. The van der Waals surface area contributed by atoms with Crippen molar-refractivity contribution in [2.45, 2.75) is 5.66 Å². The Morgan fingerprint density at radius 1 is 0.606 bits per heavy atom. The summed E-state index contributed by atoms with van der Waals surface area (Å²) in [6.07, 6.45) is 6.28. The molecular weight excluding hydrogens is 408 g/mol. The Morgan fingerprint density at radius 2 is 1.36 bits per heavy atom. The maximum atomic E-state index is 6.64. The van der Waals surface area contributed by atoms with E-state index in [0.29, 0.717) is 0 Å². The monoisotopic (exact) mass is 422 g/mol. The van der Waals surface area contributed by atoms with Gasteiger partial charge in [-0.25, -0.2) is 0 Å². The van der Waals surface area contributed by atoms with Crippen molar-refractivity contribution in [2.24, 2.45) is 0 Å². The van der Waals surface area contributed by atoms with E-state index >= 15 is 0 Å². The summed E-state index contributed by atoms with van der Waals surface area (Å²) in [4.78, 5) is 0. The summed E-state index contributed by atoms with van der Waals surface area (Å²) in [5.74, 6) is 1.86. The van der Waals surface area contributed by atoms with Crippen LogP contribution in [0.4, 0.5) is 0 Å². The first-order valence-corrected chi connectivity index (χ1v) is 11.3. The highest BCUT2D eigenvalue weighted by Gasteiger charge is 2.69. The third kappa shape index (κ3) is 1.33. The van der Waals surface area contributed by atoms with Gasteiger partial charge in [-0.15, -0.1) is 9.13 Å².